The molecular formula is C11H13BrO3S. The molecule has 0 amide bonds. The number of rotatable bonds is 5. The van der Waals surface area contributed by atoms with Crippen molar-refractivity contribution in [2.45, 2.75) is 17.9 Å². The van der Waals surface area contributed by atoms with Crippen molar-refractivity contribution in [2.24, 2.45) is 0 Å². The molecule has 5 heteroatoms. The number of carboxylic acids is 1. The number of halogens is 1. The van der Waals surface area contributed by atoms with Crippen molar-refractivity contribution < 1.29 is 14.6 Å². The molecule has 16 heavy (non-hydrogen) atoms. The van der Waals surface area contributed by atoms with E-state index in [0.29, 0.717) is 5.56 Å². The molecule has 1 aromatic carbocycles. The predicted molar refractivity (Wildman–Crippen MR) is 68.3 cm³/mol. The Balaban J connectivity index is 2.84. The lowest BCUT2D eigenvalue weighted by molar-refractivity contribution is 0.0693. The van der Waals surface area contributed by atoms with Crippen molar-refractivity contribution in [3.63, 3.8) is 0 Å². The highest BCUT2D eigenvalue weighted by Gasteiger charge is 2.11. The topological polar surface area (TPSA) is 46.5 Å². The van der Waals surface area contributed by atoms with Gasteiger partial charge in [-0.3, -0.25) is 0 Å². The van der Waals surface area contributed by atoms with Crippen LogP contribution >= 0.6 is 27.7 Å². The Morgan fingerprint density at radius 3 is 2.88 bits per heavy atom. The van der Waals surface area contributed by atoms with Crippen LogP contribution in [-0.4, -0.2) is 30.0 Å². The second-order valence-electron chi connectivity index (χ2n) is 3.30. The average molecular weight is 305 g/mol. The van der Waals surface area contributed by atoms with Crippen LogP contribution in [0.4, 0.5) is 0 Å². The molecule has 1 atom stereocenters. The fourth-order valence-corrected chi connectivity index (χ4v) is 2.65. The first-order valence-corrected chi connectivity index (χ1v) is 6.51. The zero-order chi connectivity index (χ0) is 12.1. The maximum atomic E-state index is 11.0. The molecule has 0 aliphatic heterocycles. The second-order valence-corrected chi connectivity index (χ2v) is 5.28. The molecule has 1 N–H and O–H groups in total. The van der Waals surface area contributed by atoms with E-state index in [9.17, 15) is 4.79 Å². The van der Waals surface area contributed by atoms with E-state index in [1.165, 1.54) is 11.8 Å². The number of methoxy groups -OCH3 is 1. The highest BCUT2D eigenvalue weighted by Crippen LogP contribution is 2.27. The summed E-state index contributed by atoms with van der Waals surface area (Å²) in [6, 6.07) is 5.15. The van der Waals surface area contributed by atoms with Gasteiger partial charge in [-0.15, -0.1) is 11.8 Å². The van der Waals surface area contributed by atoms with E-state index < -0.39 is 5.97 Å². The number of benzene rings is 1. The maximum absolute atomic E-state index is 11.0. The summed E-state index contributed by atoms with van der Waals surface area (Å²) in [5.74, 6) is -0.173. The summed E-state index contributed by atoms with van der Waals surface area (Å²) in [5.41, 5.74) is 0.330. The predicted octanol–water partition coefficient (Wildman–Crippen LogP) is 3.27. The molecule has 0 heterocycles. The number of hydrogen-bond acceptors (Lipinski definition) is 3. The Morgan fingerprint density at radius 1 is 1.62 bits per heavy atom. The minimum atomic E-state index is -0.903. The van der Waals surface area contributed by atoms with Gasteiger partial charge in [-0.2, -0.15) is 0 Å². The average Bonchev–Trinajstić information content (AvgIpc) is 2.25. The third-order valence-electron chi connectivity index (χ3n) is 2.05. The van der Waals surface area contributed by atoms with E-state index in [1.54, 1.807) is 19.2 Å². The maximum Gasteiger partial charge on any atom is 0.336 e. The van der Waals surface area contributed by atoms with Crippen LogP contribution in [0.25, 0.3) is 0 Å². The zero-order valence-corrected chi connectivity index (χ0v) is 11.5. The van der Waals surface area contributed by atoms with Crippen molar-refractivity contribution in [1.82, 2.24) is 0 Å². The van der Waals surface area contributed by atoms with Gasteiger partial charge in [-0.05, 0) is 25.1 Å². The monoisotopic (exact) mass is 304 g/mol. The summed E-state index contributed by atoms with van der Waals surface area (Å²) in [4.78, 5) is 11.7. The van der Waals surface area contributed by atoms with E-state index in [0.717, 1.165) is 15.1 Å². The number of carboxylic acid groups (broad SMARTS) is 1. The van der Waals surface area contributed by atoms with Crippen LogP contribution in [0.2, 0.25) is 0 Å². The summed E-state index contributed by atoms with van der Waals surface area (Å²) in [7, 11) is 1.64. The van der Waals surface area contributed by atoms with Crippen LogP contribution in [0.5, 0.6) is 0 Å². The lowest BCUT2D eigenvalue weighted by atomic mass is 10.2. The van der Waals surface area contributed by atoms with Gasteiger partial charge in [0.25, 0.3) is 0 Å². The van der Waals surface area contributed by atoms with Gasteiger partial charge >= 0.3 is 5.97 Å². The first-order chi connectivity index (χ1) is 7.54. The van der Waals surface area contributed by atoms with Gasteiger partial charge in [0.2, 0.25) is 0 Å². The number of hydrogen-bond donors (Lipinski definition) is 1. The van der Waals surface area contributed by atoms with E-state index in [-0.39, 0.29) is 6.10 Å². The van der Waals surface area contributed by atoms with E-state index in [2.05, 4.69) is 15.9 Å². The van der Waals surface area contributed by atoms with Crippen LogP contribution in [0.3, 0.4) is 0 Å². The van der Waals surface area contributed by atoms with Crippen molar-refractivity contribution in [3.8, 4) is 0 Å². The van der Waals surface area contributed by atoms with Gasteiger partial charge in [0.15, 0.2) is 0 Å². The second kappa shape index (κ2) is 6.27. The summed E-state index contributed by atoms with van der Waals surface area (Å²) in [6.07, 6.45) is 0.102. The molecule has 1 rings (SSSR count). The quantitative estimate of drug-likeness (QED) is 0.848. The molecule has 0 saturated carbocycles. The van der Waals surface area contributed by atoms with Crippen LogP contribution in [0.15, 0.2) is 27.6 Å². The summed E-state index contributed by atoms with van der Waals surface area (Å²) in [6.45, 7) is 1.95. The summed E-state index contributed by atoms with van der Waals surface area (Å²) >= 11 is 4.82. The molecule has 1 aromatic rings. The first kappa shape index (κ1) is 13.5. The van der Waals surface area contributed by atoms with Crippen molar-refractivity contribution >= 4 is 33.7 Å². The zero-order valence-electron chi connectivity index (χ0n) is 9.07. The Kier molecular flexibility index (Phi) is 5.31. The first-order valence-electron chi connectivity index (χ1n) is 4.73. The lowest BCUT2D eigenvalue weighted by Gasteiger charge is -2.10. The van der Waals surface area contributed by atoms with Gasteiger partial charge in [-0.1, -0.05) is 15.9 Å². The largest absolute Gasteiger partial charge is 0.478 e. The summed E-state index contributed by atoms with van der Waals surface area (Å²) in [5, 5.41) is 9.02. The number of thioether (sulfide) groups is 1. The number of carbonyl (C=O) groups is 1. The molecule has 0 fully saturated rings. The Morgan fingerprint density at radius 2 is 2.31 bits per heavy atom. The smallest absolute Gasteiger partial charge is 0.336 e. The standard InChI is InChI=1S/C11H13BrO3S/c1-7(15-2)6-16-10-5-8(12)3-4-9(10)11(13)14/h3-5,7H,6H2,1-2H3,(H,13,14). The third kappa shape index (κ3) is 3.81. The van der Waals surface area contributed by atoms with Crippen molar-refractivity contribution in [2.75, 3.05) is 12.9 Å². The van der Waals surface area contributed by atoms with Crippen molar-refractivity contribution in [3.05, 3.63) is 28.2 Å². The highest BCUT2D eigenvalue weighted by atomic mass is 79.9. The van der Waals surface area contributed by atoms with Crippen LogP contribution in [0.1, 0.15) is 17.3 Å². The minimum absolute atomic E-state index is 0.102. The van der Waals surface area contributed by atoms with E-state index in [4.69, 9.17) is 9.84 Å². The molecule has 0 aliphatic rings. The van der Waals surface area contributed by atoms with Gasteiger partial charge in [0.05, 0.1) is 11.7 Å². The van der Waals surface area contributed by atoms with Gasteiger partial charge in [-0.25, -0.2) is 4.79 Å². The van der Waals surface area contributed by atoms with Crippen LogP contribution < -0.4 is 0 Å². The fourth-order valence-electron chi connectivity index (χ4n) is 1.07. The van der Waals surface area contributed by atoms with Crippen LogP contribution in [-0.2, 0) is 4.74 Å². The number of ether oxygens (including phenoxy) is 1. The van der Waals surface area contributed by atoms with Crippen molar-refractivity contribution in [1.29, 1.82) is 0 Å². The fraction of sp³-hybridized carbons (Fsp3) is 0.364. The minimum Gasteiger partial charge on any atom is -0.478 e. The molecule has 0 spiro atoms. The van der Waals surface area contributed by atoms with E-state index >= 15 is 0 Å². The molecular weight excluding hydrogens is 292 g/mol. The van der Waals surface area contributed by atoms with Crippen LogP contribution in [0, 0.1) is 0 Å². The third-order valence-corrected chi connectivity index (χ3v) is 3.83. The SMILES string of the molecule is COC(C)CSc1cc(Br)ccc1C(=O)O. The van der Waals surface area contributed by atoms with E-state index in [1.807, 2.05) is 13.0 Å². The Bertz CT molecular complexity index is 381. The number of aromatic carboxylic acids is 1. The Hall–Kier alpha value is -0.520. The highest BCUT2D eigenvalue weighted by molar-refractivity contribution is 9.10. The molecule has 1 unspecified atom stereocenters. The Labute approximate surface area is 107 Å². The molecule has 88 valence electrons. The molecule has 0 aliphatic carbocycles. The molecule has 0 saturated heterocycles. The summed E-state index contributed by atoms with van der Waals surface area (Å²) < 4.78 is 6.00. The molecule has 0 radical (unpaired) electrons. The van der Waals surface area contributed by atoms with Gasteiger partial charge in [0, 0.05) is 22.2 Å². The molecule has 0 bridgehead atoms. The van der Waals surface area contributed by atoms with Gasteiger partial charge in [0.1, 0.15) is 0 Å². The van der Waals surface area contributed by atoms with Gasteiger partial charge < -0.3 is 9.84 Å². The normalized spacial score (nSPS) is 12.4. The lowest BCUT2D eigenvalue weighted by Crippen LogP contribution is -2.08. The molecule has 3 nitrogen and oxygen atoms in total. The molecule has 0 aromatic heterocycles.